The zero-order valence-electron chi connectivity index (χ0n) is 13.8. The molecule has 0 atom stereocenters. The normalized spacial score (nSPS) is 10.6. The molecule has 0 aliphatic carbocycles. The molecule has 1 amide bonds. The molecule has 0 saturated heterocycles. The quantitative estimate of drug-likeness (QED) is 0.850. The minimum atomic E-state index is -3.70. The highest BCUT2D eigenvalue weighted by atomic mass is 32.2. The van der Waals surface area contributed by atoms with E-state index in [1.54, 1.807) is 48.5 Å². The summed E-state index contributed by atoms with van der Waals surface area (Å²) in [6.07, 6.45) is 1.02. The summed E-state index contributed by atoms with van der Waals surface area (Å²) < 4.78 is 30.4. The summed E-state index contributed by atoms with van der Waals surface area (Å²) in [7, 11) is -2.27. The van der Waals surface area contributed by atoms with Crippen molar-refractivity contribution in [3.63, 3.8) is 0 Å². The van der Waals surface area contributed by atoms with E-state index in [4.69, 9.17) is 10.00 Å². The molecule has 2 aromatic rings. The molecule has 130 valence electrons. The maximum atomic E-state index is 12.3. The number of amides is 1. The van der Waals surface area contributed by atoms with Crippen LogP contribution in [0.1, 0.15) is 5.56 Å². The number of carbonyl (C=O) groups is 1. The molecular weight excluding hydrogens is 342 g/mol. The third kappa shape index (κ3) is 4.71. The van der Waals surface area contributed by atoms with Crippen molar-refractivity contribution >= 4 is 27.3 Å². The van der Waals surface area contributed by atoms with Crippen LogP contribution >= 0.6 is 0 Å². The highest BCUT2D eigenvalue weighted by Gasteiger charge is 2.23. The molecule has 0 aliphatic rings. The van der Waals surface area contributed by atoms with E-state index in [9.17, 15) is 13.2 Å². The van der Waals surface area contributed by atoms with Crippen molar-refractivity contribution in [1.82, 2.24) is 0 Å². The number of nitriles is 1. The van der Waals surface area contributed by atoms with E-state index in [-0.39, 0.29) is 5.69 Å². The molecular formula is C17H17N3O4S. The predicted octanol–water partition coefficient (Wildman–Crippen LogP) is 1.97. The second-order valence-corrected chi connectivity index (χ2v) is 7.09. The first-order valence-corrected chi connectivity index (χ1v) is 9.10. The van der Waals surface area contributed by atoms with Crippen LogP contribution in [0.15, 0.2) is 48.5 Å². The lowest BCUT2D eigenvalue weighted by atomic mass is 10.2. The number of sulfonamides is 1. The van der Waals surface area contributed by atoms with Gasteiger partial charge in [-0.15, -0.1) is 0 Å². The highest BCUT2D eigenvalue weighted by Crippen LogP contribution is 2.29. The van der Waals surface area contributed by atoms with Gasteiger partial charge in [0.05, 0.1) is 30.7 Å². The van der Waals surface area contributed by atoms with Gasteiger partial charge in [-0.2, -0.15) is 5.26 Å². The van der Waals surface area contributed by atoms with E-state index in [2.05, 4.69) is 5.32 Å². The fourth-order valence-corrected chi connectivity index (χ4v) is 3.04. The standard InChI is InChI=1S/C17H17N3O4S/c1-24-16-6-4-3-5-15(16)20(25(2,22)23)12-17(21)19-14-9-7-13(11-18)8-10-14/h3-10H,12H2,1-2H3,(H,19,21). The Hall–Kier alpha value is -3.05. The van der Waals surface area contributed by atoms with Gasteiger partial charge in [0.15, 0.2) is 0 Å². The van der Waals surface area contributed by atoms with E-state index >= 15 is 0 Å². The van der Waals surface area contributed by atoms with Gasteiger partial charge in [0.25, 0.3) is 0 Å². The first kappa shape index (κ1) is 18.3. The molecule has 8 heteroatoms. The molecule has 0 aromatic heterocycles. The molecule has 0 unspecified atom stereocenters. The number of para-hydroxylation sites is 2. The van der Waals surface area contributed by atoms with Crippen LogP contribution < -0.4 is 14.4 Å². The average molecular weight is 359 g/mol. The molecule has 7 nitrogen and oxygen atoms in total. The smallest absolute Gasteiger partial charge is 0.245 e. The highest BCUT2D eigenvalue weighted by molar-refractivity contribution is 7.92. The summed E-state index contributed by atoms with van der Waals surface area (Å²) in [5.41, 5.74) is 1.21. The van der Waals surface area contributed by atoms with Gasteiger partial charge in [0, 0.05) is 5.69 Å². The molecule has 0 saturated carbocycles. The van der Waals surface area contributed by atoms with Gasteiger partial charge in [-0.25, -0.2) is 8.42 Å². The van der Waals surface area contributed by atoms with Gasteiger partial charge in [-0.05, 0) is 36.4 Å². The molecule has 0 aliphatic heterocycles. The van der Waals surface area contributed by atoms with Crippen molar-refractivity contribution in [2.45, 2.75) is 0 Å². The van der Waals surface area contributed by atoms with Crippen molar-refractivity contribution in [3.8, 4) is 11.8 Å². The largest absolute Gasteiger partial charge is 0.495 e. The molecule has 1 N–H and O–H groups in total. The Morgan fingerprint density at radius 1 is 1.20 bits per heavy atom. The van der Waals surface area contributed by atoms with E-state index in [0.717, 1.165) is 10.6 Å². The van der Waals surface area contributed by atoms with Crippen LogP contribution in [0.4, 0.5) is 11.4 Å². The third-order valence-corrected chi connectivity index (χ3v) is 4.47. The Morgan fingerprint density at radius 3 is 2.40 bits per heavy atom. The number of nitrogens with zero attached hydrogens (tertiary/aromatic N) is 2. The first-order valence-electron chi connectivity index (χ1n) is 7.26. The minimum Gasteiger partial charge on any atom is -0.495 e. The summed E-state index contributed by atoms with van der Waals surface area (Å²) in [5, 5.41) is 11.4. The Labute approximate surface area is 146 Å². The number of methoxy groups -OCH3 is 1. The van der Waals surface area contributed by atoms with Gasteiger partial charge in [-0.1, -0.05) is 12.1 Å². The lowest BCUT2D eigenvalue weighted by Crippen LogP contribution is -2.37. The molecule has 2 aromatic carbocycles. The zero-order chi connectivity index (χ0) is 18.4. The average Bonchev–Trinajstić information content (AvgIpc) is 2.59. The van der Waals surface area contributed by atoms with E-state index in [1.165, 1.54) is 7.11 Å². The number of anilines is 2. The second kappa shape index (κ2) is 7.68. The molecule has 0 fully saturated rings. The predicted molar refractivity (Wildman–Crippen MR) is 95.0 cm³/mol. The van der Waals surface area contributed by atoms with Crippen LogP contribution in [0, 0.1) is 11.3 Å². The molecule has 0 heterocycles. The number of ether oxygens (including phenoxy) is 1. The molecule has 25 heavy (non-hydrogen) atoms. The lowest BCUT2D eigenvalue weighted by molar-refractivity contribution is -0.114. The summed E-state index contributed by atoms with van der Waals surface area (Å²) in [5.74, 6) is -0.167. The number of nitrogens with one attached hydrogen (secondary N) is 1. The van der Waals surface area contributed by atoms with Gasteiger partial charge in [0.1, 0.15) is 12.3 Å². The third-order valence-electron chi connectivity index (χ3n) is 3.34. The minimum absolute atomic E-state index is 0.280. The van der Waals surface area contributed by atoms with Crippen LogP contribution in [0.5, 0.6) is 5.75 Å². The Morgan fingerprint density at radius 2 is 1.84 bits per heavy atom. The van der Waals surface area contributed by atoms with Gasteiger partial charge >= 0.3 is 0 Å². The maximum Gasteiger partial charge on any atom is 0.245 e. The van der Waals surface area contributed by atoms with Crippen LogP contribution in [0.25, 0.3) is 0 Å². The topological polar surface area (TPSA) is 99.5 Å². The number of carbonyl (C=O) groups excluding carboxylic acids is 1. The van der Waals surface area contributed by atoms with Gasteiger partial charge < -0.3 is 10.1 Å². The first-order chi connectivity index (χ1) is 11.8. The van der Waals surface area contributed by atoms with E-state index in [1.807, 2.05) is 6.07 Å². The van der Waals surface area contributed by atoms with E-state index in [0.29, 0.717) is 17.0 Å². The monoisotopic (exact) mass is 359 g/mol. The fraction of sp³-hybridized carbons (Fsp3) is 0.176. The molecule has 0 bridgehead atoms. The number of hydrogen-bond acceptors (Lipinski definition) is 5. The maximum absolute atomic E-state index is 12.3. The number of hydrogen-bond donors (Lipinski definition) is 1. The van der Waals surface area contributed by atoms with Crippen molar-refractivity contribution in [2.24, 2.45) is 0 Å². The van der Waals surface area contributed by atoms with Crippen LogP contribution in [0.2, 0.25) is 0 Å². The van der Waals surface area contributed by atoms with Crippen molar-refractivity contribution < 1.29 is 17.9 Å². The molecule has 0 radical (unpaired) electrons. The lowest BCUT2D eigenvalue weighted by Gasteiger charge is -2.23. The zero-order valence-corrected chi connectivity index (χ0v) is 14.6. The summed E-state index contributed by atoms with van der Waals surface area (Å²) in [6.45, 7) is -0.404. The second-order valence-electron chi connectivity index (χ2n) is 5.18. The van der Waals surface area contributed by atoms with Crippen molar-refractivity contribution in [1.29, 1.82) is 5.26 Å². The summed E-state index contributed by atoms with van der Waals surface area (Å²) in [6, 6.07) is 14.8. The summed E-state index contributed by atoms with van der Waals surface area (Å²) in [4.78, 5) is 12.3. The van der Waals surface area contributed by atoms with Crippen molar-refractivity contribution in [3.05, 3.63) is 54.1 Å². The van der Waals surface area contributed by atoms with E-state index < -0.39 is 22.5 Å². The van der Waals surface area contributed by atoms with Crippen LogP contribution in [-0.4, -0.2) is 34.2 Å². The molecule has 0 spiro atoms. The number of benzene rings is 2. The summed E-state index contributed by atoms with van der Waals surface area (Å²) >= 11 is 0. The number of rotatable bonds is 6. The Bertz CT molecular complexity index is 902. The SMILES string of the molecule is COc1ccccc1N(CC(=O)Nc1ccc(C#N)cc1)S(C)(=O)=O. The van der Waals surface area contributed by atoms with Crippen LogP contribution in [0.3, 0.4) is 0 Å². The van der Waals surface area contributed by atoms with Gasteiger partial charge in [-0.3, -0.25) is 9.10 Å². The molecule has 2 rings (SSSR count). The van der Waals surface area contributed by atoms with Crippen molar-refractivity contribution in [2.75, 3.05) is 29.5 Å². The Balaban J connectivity index is 2.22. The fourth-order valence-electron chi connectivity index (χ4n) is 2.18. The van der Waals surface area contributed by atoms with Crippen LogP contribution in [-0.2, 0) is 14.8 Å². The van der Waals surface area contributed by atoms with Gasteiger partial charge in [0.2, 0.25) is 15.9 Å². The Kier molecular flexibility index (Phi) is 5.62.